The van der Waals surface area contributed by atoms with Gasteiger partial charge in [0.05, 0.1) is 5.56 Å². The molecule has 0 radical (unpaired) electrons. The Labute approximate surface area is 128 Å². The molecule has 1 aliphatic rings. The van der Waals surface area contributed by atoms with Crippen LogP contribution in [0.1, 0.15) is 35.7 Å². The Morgan fingerprint density at radius 2 is 2.00 bits per heavy atom. The van der Waals surface area contributed by atoms with Crippen molar-refractivity contribution in [1.82, 2.24) is 4.57 Å². The second kappa shape index (κ2) is 5.18. The van der Waals surface area contributed by atoms with Crippen LogP contribution in [0.15, 0.2) is 34.9 Å². The summed E-state index contributed by atoms with van der Waals surface area (Å²) in [6.45, 7) is 0. The zero-order chi connectivity index (χ0) is 15.2. The van der Waals surface area contributed by atoms with Crippen LogP contribution in [0, 0.1) is 0 Å². The quantitative estimate of drug-likeness (QED) is 0.793. The van der Waals surface area contributed by atoms with Crippen LogP contribution in [-0.4, -0.2) is 4.57 Å². The minimum atomic E-state index is -4.38. The van der Waals surface area contributed by atoms with Gasteiger partial charge >= 0.3 is 6.18 Å². The first-order chi connectivity index (χ1) is 9.88. The van der Waals surface area contributed by atoms with Crippen LogP contribution in [0.4, 0.5) is 13.2 Å². The summed E-state index contributed by atoms with van der Waals surface area (Å²) >= 11 is 2.96. The van der Waals surface area contributed by atoms with Crippen molar-refractivity contribution in [3.63, 3.8) is 0 Å². The van der Waals surface area contributed by atoms with Gasteiger partial charge in [0, 0.05) is 28.1 Å². The van der Waals surface area contributed by atoms with Gasteiger partial charge in [0.25, 0.3) is 0 Å². The second-order valence-corrected chi connectivity index (χ2v) is 6.10. The lowest BCUT2D eigenvalue weighted by Gasteiger charge is -2.21. The number of aromatic nitrogens is 1. The van der Waals surface area contributed by atoms with Gasteiger partial charge < -0.3 is 10.3 Å². The Morgan fingerprint density at radius 3 is 2.71 bits per heavy atom. The number of rotatable bonds is 1. The second-order valence-electron chi connectivity index (χ2n) is 5.25. The number of nitrogens with two attached hydrogens (primary N) is 1. The SMILES string of the molecule is NC1CCCc2c1ccn2-c1ccc(Br)c(C(F)(F)F)c1. The third kappa shape index (κ3) is 2.62. The third-order valence-electron chi connectivity index (χ3n) is 3.89. The molecule has 2 aromatic rings. The summed E-state index contributed by atoms with van der Waals surface area (Å²) in [5.74, 6) is 0. The Morgan fingerprint density at radius 1 is 1.24 bits per heavy atom. The predicted octanol–water partition coefficient (Wildman–Crippen LogP) is 4.59. The van der Waals surface area contributed by atoms with E-state index in [0.717, 1.165) is 30.5 Å². The summed E-state index contributed by atoms with van der Waals surface area (Å²) in [5, 5.41) is 0. The van der Waals surface area contributed by atoms with Crippen LogP contribution in [0.3, 0.4) is 0 Å². The van der Waals surface area contributed by atoms with E-state index < -0.39 is 11.7 Å². The van der Waals surface area contributed by atoms with Crippen molar-refractivity contribution in [2.75, 3.05) is 0 Å². The van der Waals surface area contributed by atoms with Crippen LogP contribution in [0.25, 0.3) is 5.69 Å². The molecule has 1 unspecified atom stereocenters. The highest BCUT2D eigenvalue weighted by Crippen LogP contribution is 2.37. The zero-order valence-corrected chi connectivity index (χ0v) is 12.7. The van der Waals surface area contributed by atoms with E-state index in [1.807, 2.05) is 10.6 Å². The van der Waals surface area contributed by atoms with E-state index in [2.05, 4.69) is 15.9 Å². The number of fused-ring (bicyclic) bond motifs is 1. The predicted molar refractivity (Wildman–Crippen MR) is 78.3 cm³/mol. The molecule has 0 fully saturated rings. The van der Waals surface area contributed by atoms with Gasteiger partial charge in [0.2, 0.25) is 0 Å². The van der Waals surface area contributed by atoms with Gasteiger partial charge in [-0.2, -0.15) is 13.2 Å². The smallest absolute Gasteiger partial charge is 0.324 e. The highest BCUT2D eigenvalue weighted by Gasteiger charge is 2.33. The van der Waals surface area contributed by atoms with Gasteiger partial charge in [0.15, 0.2) is 0 Å². The average Bonchev–Trinajstić information content (AvgIpc) is 2.83. The molecule has 0 spiro atoms. The van der Waals surface area contributed by atoms with Crippen molar-refractivity contribution in [2.24, 2.45) is 5.73 Å². The maximum atomic E-state index is 13.0. The molecule has 0 aliphatic heterocycles. The molecule has 0 saturated heterocycles. The van der Waals surface area contributed by atoms with Gasteiger partial charge in [-0.1, -0.05) is 15.9 Å². The molecule has 1 aliphatic carbocycles. The largest absolute Gasteiger partial charge is 0.417 e. The summed E-state index contributed by atoms with van der Waals surface area (Å²) < 4.78 is 40.9. The topological polar surface area (TPSA) is 30.9 Å². The fourth-order valence-corrected chi connectivity index (χ4v) is 3.32. The molecule has 3 rings (SSSR count). The van der Waals surface area contributed by atoms with Gasteiger partial charge in [0.1, 0.15) is 0 Å². The first kappa shape index (κ1) is 14.7. The first-order valence-electron chi connectivity index (χ1n) is 6.71. The fourth-order valence-electron chi connectivity index (χ4n) is 2.85. The van der Waals surface area contributed by atoms with Gasteiger partial charge in [-0.05, 0) is 49.1 Å². The molecule has 2 nitrogen and oxygen atoms in total. The summed E-state index contributed by atoms with van der Waals surface area (Å²) in [4.78, 5) is 0. The van der Waals surface area contributed by atoms with Gasteiger partial charge in [-0.25, -0.2) is 0 Å². The highest BCUT2D eigenvalue weighted by atomic mass is 79.9. The Kier molecular flexibility index (Phi) is 3.61. The van der Waals surface area contributed by atoms with E-state index in [9.17, 15) is 13.2 Å². The maximum absolute atomic E-state index is 13.0. The normalized spacial score (nSPS) is 18.6. The van der Waals surface area contributed by atoms with Crippen LogP contribution < -0.4 is 5.73 Å². The number of hydrogen-bond donors (Lipinski definition) is 1. The Bertz CT molecular complexity index is 676. The summed E-state index contributed by atoms with van der Waals surface area (Å²) in [7, 11) is 0. The molecular formula is C15H14BrF3N2. The van der Waals surface area contributed by atoms with Gasteiger partial charge in [-0.15, -0.1) is 0 Å². The van der Waals surface area contributed by atoms with E-state index in [-0.39, 0.29) is 10.5 Å². The molecule has 2 N–H and O–H groups in total. The lowest BCUT2D eigenvalue weighted by atomic mass is 9.93. The van der Waals surface area contributed by atoms with Crippen LogP contribution in [-0.2, 0) is 12.6 Å². The average molecular weight is 359 g/mol. The molecule has 21 heavy (non-hydrogen) atoms. The molecule has 6 heteroatoms. The van der Waals surface area contributed by atoms with Crippen molar-refractivity contribution < 1.29 is 13.2 Å². The highest BCUT2D eigenvalue weighted by molar-refractivity contribution is 9.10. The molecule has 0 amide bonds. The minimum Gasteiger partial charge on any atom is -0.324 e. The fraction of sp³-hybridized carbons (Fsp3) is 0.333. The summed E-state index contributed by atoms with van der Waals surface area (Å²) in [5.41, 5.74) is 7.97. The monoisotopic (exact) mass is 358 g/mol. The number of benzene rings is 1. The third-order valence-corrected chi connectivity index (χ3v) is 4.58. The molecule has 0 bridgehead atoms. The van der Waals surface area contributed by atoms with Crippen molar-refractivity contribution >= 4 is 15.9 Å². The van der Waals surface area contributed by atoms with Gasteiger partial charge in [-0.3, -0.25) is 0 Å². The lowest BCUT2D eigenvalue weighted by Crippen LogP contribution is -2.18. The van der Waals surface area contributed by atoms with Crippen LogP contribution in [0.5, 0.6) is 0 Å². The number of alkyl halides is 3. The Hall–Kier alpha value is -1.27. The minimum absolute atomic E-state index is 0.0208. The number of hydrogen-bond acceptors (Lipinski definition) is 1. The molecule has 0 saturated carbocycles. The van der Waals surface area contributed by atoms with E-state index in [4.69, 9.17) is 5.73 Å². The van der Waals surface area contributed by atoms with Crippen molar-refractivity contribution in [3.05, 3.63) is 51.8 Å². The first-order valence-corrected chi connectivity index (χ1v) is 7.50. The summed E-state index contributed by atoms with van der Waals surface area (Å²) in [6.07, 6.45) is 0.150. The van der Waals surface area contributed by atoms with E-state index >= 15 is 0 Å². The summed E-state index contributed by atoms with van der Waals surface area (Å²) in [6, 6.07) is 6.18. The van der Waals surface area contributed by atoms with Crippen LogP contribution >= 0.6 is 15.9 Å². The number of halogens is 4. The van der Waals surface area contributed by atoms with Crippen molar-refractivity contribution in [3.8, 4) is 5.69 Å². The van der Waals surface area contributed by atoms with Crippen molar-refractivity contribution in [1.29, 1.82) is 0 Å². The Balaban J connectivity index is 2.10. The molecule has 1 atom stereocenters. The lowest BCUT2D eigenvalue weighted by molar-refractivity contribution is -0.138. The van der Waals surface area contributed by atoms with E-state index in [1.54, 1.807) is 12.3 Å². The van der Waals surface area contributed by atoms with E-state index in [1.165, 1.54) is 12.1 Å². The maximum Gasteiger partial charge on any atom is 0.417 e. The van der Waals surface area contributed by atoms with Crippen molar-refractivity contribution in [2.45, 2.75) is 31.5 Å². The molecular weight excluding hydrogens is 345 g/mol. The standard InChI is InChI=1S/C15H14BrF3N2/c16-12-5-4-9(8-11(12)15(17,18)19)21-7-6-10-13(20)2-1-3-14(10)21/h4-8,13H,1-3,20H2. The van der Waals surface area contributed by atoms with Crippen LogP contribution in [0.2, 0.25) is 0 Å². The molecule has 1 heterocycles. The van der Waals surface area contributed by atoms with E-state index in [0.29, 0.717) is 5.69 Å². The molecule has 112 valence electrons. The molecule has 1 aromatic carbocycles. The molecule has 1 aromatic heterocycles. The number of nitrogens with zero attached hydrogens (tertiary/aromatic N) is 1. The zero-order valence-electron chi connectivity index (χ0n) is 11.1.